The molecule has 0 bridgehead atoms. The summed E-state index contributed by atoms with van der Waals surface area (Å²) in [5.41, 5.74) is 3.63. The quantitative estimate of drug-likeness (QED) is 0.898. The molecule has 21 heavy (non-hydrogen) atoms. The first-order valence-corrected chi connectivity index (χ1v) is 7.07. The molecule has 1 aromatic carbocycles. The van der Waals surface area contributed by atoms with Gasteiger partial charge in [-0.2, -0.15) is 0 Å². The number of carbonyl (C=O) groups is 1. The second-order valence-corrected chi connectivity index (χ2v) is 5.48. The van der Waals surface area contributed by atoms with Crippen molar-refractivity contribution in [2.45, 2.75) is 33.7 Å². The number of hydrogen-bond donors (Lipinski definition) is 2. The maximum Gasteiger partial charge on any atom is 0.255 e. The van der Waals surface area contributed by atoms with Crippen LogP contribution in [0.3, 0.4) is 0 Å². The molecule has 110 valence electrons. The summed E-state index contributed by atoms with van der Waals surface area (Å²) in [7, 11) is 0. The third-order valence-corrected chi connectivity index (χ3v) is 3.23. The number of aromatic nitrogens is 1. The van der Waals surface area contributed by atoms with Crippen LogP contribution in [0.25, 0.3) is 0 Å². The fourth-order valence-electron chi connectivity index (χ4n) is 1.93. The van der Waals surface area contributed by atoms with Gasteiger partial charge in [-0.15, -0.1) is 0 Å². The molecule has 0 saturated carbocycles. The molecular formula is C17H21N3O. The molecule has 0 saturated heterocycles. The van der Waals surface area contributed by atoms with Crippen LogP contribution in [0.1, 0.15) is 35.3 Å². The van der Waals surface area contributed by atoms with E-state index in [1.807, 2.05) is 44.2 Å². The van der Waals surface area contributed by atoms with Gasteiger partial charge < -0.3 is 10.6 Å². The molecule has 0 aliphatic heterocycles. The highest BCUT2D eigenvalue weighted by Gasteiger charge is 2.07. The van der Waals surface area contributed by atoms with Crippen LogP contribution < -0.4 is 10.6 Å². The summed E-state index contributed by atoms with van der Waals surface area (Å²) in [6.45, 7) is 8.13. The van der Waals surface area contributed by atoms with Crippen LogP contribution in [-0.2, 0) is 0 Å². The summed E-state index contributed by atoms with van der Waals surface area (Å²) in [6.07, 6.45) is 1.66. The van der Waals surface area contributed by atoms with Gasteiger partial charge in [0.05, 0.1) is 11.9 Å². The number of amides is 1. The number of aryl methyl sites for hydroxylation is 2. The number of benzene rings is 1. The van der Waals surface area contributed by atoms with Gasteiger partial charge in [-0.25, -0.2) is 4.98 Å². The zero-order chi connectivity index (χ0) is 15.4. The molecule has 0 atom stereocenters. The molecule has 0 unspecified atom stereocenters. The maximum absolute atomic E-state index is 12.2. The molecule has 2 aromatic rings. The van der Waals surface area contributed by atoms with E-state index in [1.54, 1.807) is 6.20 Å². The van der Waals surface area contributed by atoms with Crippen LogP contribution in [-0.4, -0.2) is 16.9 Å². The Hall–Kier alpha value is -2.36. The standard InChI is InChI=1S/C17H21N3O/c1-11(2)19-16-8-7-15(10-18-16)20-17(21)14-6-5-12(3)13(4)9-14/h5-11H,1-4H3,(H,18,19)(H,20,21). The van der Waals surface area contributed by atoms with E-state index in [4.69, 9.17) is 0 Å². The highest BCUT2D eigenvalue weighted by Crippen LogP contribution is 2.14. The third kappa shape index (κ3) is 4.05. The predicted molar refractivity (Wildman–Crippen MR) is 86.9 cm³/mol. The molecule has 0 aliphatic carbocycles. The second kappa shape index (κ2) is 6.39. The highest BCUT2D eigenvalue weighted by atomic mass is 16.1. The molecule has 2 rings (SSSR count). The maximum atomic E-state index is 12.2. The molecule has 1 aromatic heterocycles. The van der Waals surface area contributed by atoms with E-state index in [0.29, 0.717) is 17.3 Å². The zero-order valence-electron chi connectivity index (χ0n) is 12.9. The number of carbonyl (C=O) groups excluding carboxylic acids is 1. The number of anilines is 2. The van der Waals surface area contributed by atoms with Crippen LogP contribution in [0, 0.1) is 13.8 Å². The molecular weight excluding hydrogens is 262 g/mol. The lowest BCUT2D eigenvalue weighted by molar-refractivity contribution is 0.102. The van der Waals surface area contributed by atoms with E-state index in [-0.39, 0.29) is 5.91 Å². The molecule has 4 heteroatoms. The smallest absolute Gasteiger partial charge is 0.255 e. The van der Waals surface area contributed by atoms with Crippen molar-refractivity contribution in [3.63, 3.8) is 0 Å². The number of rotatable bonds is 4. The Bertz CT molecular complexity index is 633. The first kappa shape index (κ1) is 15.0. The number of nitrogens with zero attached hydrogens (tertiary/aromatic N) is 1. The van der Waals surface area contributed by atoms with Crippen molar-refractivity contribution in [1.29, 1.82) is 0 Å². The van der Waals surface area contributed by atoms with Gasteiger partial charge in [0.25, 0.3) is 5.91 Å². The van der Waals surface area contributed by atoms with Gasteiger partial charge in [-0.05, 0) is 63.1 Å². The number of nitrogens with one attached hydrogen (secondary N) is 2. The molecule has 0 fully saturated rings. The lowest BCUT2D eigenvalue weighted by atomic mass is 10.1. The minimum atomic E-state index is -0.121. The van der Waals surface area contributed by atoms with Gasteiger partial charge in [-0.3, -0.25) is 4.79 Å². The molecule has 4 nitrogen and oxygen atoms in total. The van der Waals surface area contributed by atoms with Crippen molar-refractivity contribution in [3.05, 3.63) is 53.2 Å². The molecule has 0 aliphatic rings. The number of pyridine rings is 1. The minimum Gasteiger partial charge on any atom is -0.368 e. The minimum absolute atomic E-state index is 0.121. The van der Waals surface area contributed by atoms with E-state index >= 15 is 0 Å². The summed E-state index contributed by atoms with van der Waals surface area (Å²) in [5.74, 6) is 0.679. The summed E-state index contributed by atoms with van der Waals surface area (Å²) < 4.78 is 0. The predicted octanol–water partition coefficient (Wildman–Crippen LogP) is 3.77. The number of hydrogen-bond acceptors (Lipinski definition) is 3. The SMILES string of the molecule is Cc1ccc(C(=O)Nc2ccc(NC(C)C)nc2)cc1C. The van der Waals surface area contributed by atoms with Gasteiger partial charge >= 0.3 is 0 Å². The Kier molecular flexibility index (Phi) is 4.58. The van der Waals surface area contributed by atoms with E-state index in [0.717, 1.165) is 11.4 Å². The lowest BCUT2D eigenvalue weighted by Crippen LogP contribution is -2.13. The van der Waals surface area contributed by atoms with E-state index in [9.17, 15) is 4.79 Å². The van der Waals surface area contributed by atoms with Crippen LogP contribution in [0.15, 0.2) is 36.5 Å². The van der Waals surface area contributed by atoms with Crippen LogP contribution in [0.4, 0.5) is 11.5 Å². The van der Waals surface area contributed by atoms with Gasteiger partial charge in [0.2, 0.25) is 0 Å². The Labute approximate surface area is 125 Å². The van der Waals surface area contributed by atoms with Crippen molar-refractivity contribution in [3.8, 4) is 0 Å². The Balaban J connectivity index is 2.06. The average molecular weight is 283 g/mol. The van der Waals surface area contributed by atoms with Gasteiger partial charge in [0.15, 0.2) is 0 Å². The van der Waals surface area contributed by atoms with Crippen molar-refractivity contribution in [2.75, 3.05) is 10.6 Å². The van der Waals surface area contributed by atoms with Crippen molar-refractivity contribution in [1.82, 2.24) is 4.98 Å². The Morgan fingerprint density at radius 1 is 1.10 bits per heavy atom. The molecule has 0 spiro atoms. The van der Waals surface area contributed by atoms with Crippen molar-refractivity contribution in [2.24, 2.45) is 0 Å². The zero-order valence-corrected chi connectivity index (χ0v) is 12.9. The monoisotopic (exact) mass is 283 g/mol. The summed E-state index contributed by atoms with van der Waals surface area (Å²) in [4.78, 5) is 16.5. The normalized spacial score (nSPS) is 10.5. The van der Waals surface area contributed by atoms with Crippen LogP contribution >= 0.6 is 0 Å². The molecule has 2 N–H and O–H groups in total. The van der Waals surface area contributed by atoms with Gasteiger partial charge in [0, 0.05) is 11.6 Å². The second-order valence-electron chi connectivity index (χ2n) is 5.48. The summed E-state index contributed by atoms with van der Waals surface area (Å²) in [6, 6.07) is 9.71. The topological polar surface area (TPSA) is 54.0 Å². The van der Waals surface area contributed by atoms with Crippen molar-refractivity contribution < 1.29 is 4.79 Å². The van der Waals surface area contributed by atoms with E-state index < -0.39 is 0 Å². The summed E-state index contributed by atoms with van der Waals surface area (Å²) >= 11 is 0. The fourth-order valence-corrected chi connectivity index (χ4v) is 1.93. The van der Waals surface area contributed by atoms with Crippen LogP contribution in [0.5, 0.6) is 0 Å². The Morgan fingerprint density at radius 2 is 1.86 bits per heavy atom. The van der Waals surface area contributed by atoms with Gasteiger partial charge in [-0.1, -0.05) is 6.07 Å². The molecule has 1 heterocycles. The Morgan fingerprint density at radius 3 is 2.43 bits per heavy atom. The average Bonchev–Trinajstić information content (AvgIpc) is 2.43. The largest absolute Gasteiger partial charge is 0.368 e. The molecule has 1 amide bonds. The lowest BCUT2D eigenvalue weighted by Gasteiger charge is -2.10. The first-order valence-electron chi connectivity index (χ1n) is 7.07. The van der Waals surface area contributed by atoms with Crippen molar-refractivity contribution >= 4 is 17.4 Å². The van der Waals surface area contributed by atoms with E-state index in [1.165, 1.54) is 5.56 Å². The molecule has 0 radical (unpaired) electrons. The fraction of sp³-hybridized carbons (Fsp3) is 0.294. The highest BCUT2D eigenvalue weighted by molar-refractivity contribution is 6.04. The third-order valence-electron chi connectivity index (χ3n) is 3.23. The van der Waals surface area contributed by atoms with Gasteiger partial charge in [0.1, 0.15) is 5.82 Å². The van der Waals surface area contributed by atoms with E-state index in [2.05, 4.69) is 29.5 Å². The first-order chi connectivity index (χ1) is 9.95. The van der Waals surface area contributed by atoms with Crippen LogP contribution in [0.2, 0.25) is 0 Å². The summed E-state index contributed by atoms with van der Waals surface area (Å²) in [5, 5.41) is 6.06.